The maximum Gasteiger partial charge on any atom is 0.0558 e. The van der Waals surface area contributed by atoms with E-state index < -0.39 is 0 Å². The molecule has 0 atom stereocenters. The first-order chi connectivity index (χ1) is 7.63. The van der Waals surface area contributed by atoms with Crippen LogP contribution in [0.3, 0.4) is 0 Å². The second kappa shape index (κ2) is 6.84. The molecule has 0 amide bonds. The van der Waals surface area contributed by atoms with E-state index in [1.165, 1.54) is 0 Å². The van der Waals surface area contributed by atoms with Gasteiger partial charge in [-0.2, -0.15) is 0 Å². The van der Waals surface area contributed by atoms with Gasteiger partial charge in [-0.15, -0.1) is 0 Å². The average molecular weight is 243 g/mol. The van der Waals surface area contributed by atoms with Gasteiger partial charge in [-0.3, -0.25) is 9.88 Å². The second-order valence-corrected chi connectivity index (χ2v) is 4.54. The number of aromatic nitrogens is 1. The fourth-order valence-electron chi connectivity index (χ4n) is 1.54. The fraction of sp³-hybridized carbons (Fsp3) is 0.583. The predicted octanol–water partition coefficient (Wildman–Crippen LogP) is 2.33. The van der Waals surface area contributed by atoms with E-state index in [0.717, 1.165) is 30.2 Å². The van der Waals surface area contributed by atoms with Crippen molar-refractivity contribution < 1.29 is 5.11 Å². The standard InChI is InChI=1S/C12H19ClN2O/c1-10(2)15(6-3-7-16)9-12-8-11(13)4-5-14-12/h4-5,8,10,16H,3,6-7,9H2,1-2H3. The lowest BCUT2D eigenvalue weighted by atomic mass is 10.2. The molecular weight excluding hydrogens is 224 g/mol. The molecule has 3 nitrogen and oxygen atoms in total. The number of aliphatic hydroxyl groups is 1. The molecule has 0 saturated carbocycles. The summed E-state index contributed by atoms with van der Waals surface area (Å²) in [5.41, 5.74) is 0.971. The van der Waals surface area contributed by atoms with E-state index in [9.17, 15) is 0 Å². The van der Waals surface area contributed by atoms with Crippen LogP contribution < -0.4 is 0 Å². The zero-order chi connectivity index (χ0) is 12.0. The van der Waals surface area contributed by atoms with E-state index in [1.807, 2.05) is 6.07 Å². The van der Waals surface area contributed by atoms with Crippen LogP contribution in [0.25, 0.3) is 0 Å². The van der Waals surface area contributed by atoms with E-state index >= 15 is 0 Å². The first-order valence-electron chi connectivity index (χ1n) is 5.59. The van der Waals surface area contributed by atoms with Gasteiger partial charge in [0.05, 0.1) is 5.69 Å². The van der Waals surface area contributed by atoms with Gasteiger partial charge >= 0.3 is 0 Å². The molecule has 0 radical (unpaired) electrons. The lowest BCUT2D eigenvalue weighted by Gasteiger charge is -2.25. The summed E-state index contributed by atoms with van der Waals surface area (Å²) in [5.74, 6) is 0. The highest BCUT2D eigenvalue weighted by Crippen LogP contribution is 2.11. The number of rotatable bonds is 6. The number of hydrogen-bond acceptors (Lipinski definition) is 3. The lowest BCUT2D eigenvalue weighted by molar-refractivity contribution is 0.183. The van der Waals surface area contributed by atoms with Gasteiger partial charge in [0, 0.05) is 37.0 Å². The summed E-state index contributed by atoms with van der Waals surface area (Å²) in [6.45, 7) is 6.16. The van der Waals surface area contributed by atoms with Crippen molar-refractivity contribution in [2.45, 2.75) is 32.9 Å². The van der Waals surface area contributed by atoms with Crippen LogP contribution in [0.1, 0.15) is 26.0 Å². The third kappa shape index (κ3) is 4.47. The largest absolute Gasteiger partial charge is 0.396 e. The van der Waals surface area contributed by atoms with Crippen molar-refractivity contribution in [1.82, 2.24) is 9.88 Å². The highest BCUT2D eigenvalue weighted by atomic mass is 35.5. The molecule has 0 aromatic carbocycles. The second-order valence-electron chi connectivity index (χ2n) is 4.11. The summed E-state index contributed by atoms with van der Waals surface area (Å²) in [6, 6.07) is 4.10. The van der Waals surface area contributed by atoms with E-state index in [0.29, 0.717) is 6.04 Å². The third-order valence-electron chi connectivity index (χ3n) is 2.48. The molecule has 0 spiro atoms. The van der Waals surface area contributed by atoms with Crippen LogP contribution in [0.4, 0.5) is 0 Å². The van der Waals surface area contributed by atoms with Crippen LogP contribution in [0, 0.1) is 0 Å². The molecule has 0 aliphatic heterocycles. The van der Waals surface area contributed by atoms with E-state index in [2.05, 4.69) is 23.7 Å². The Morgan fingerprint density at radius 1 is 1.50 bits per heavy atom. The molecule has 0 aliphatic rings. The molecule has 0 bridgehead atoms. The number of aliphatic hydroxyl groups excluding tert-OH is 1. The maximum atomic E-state index is 8.84. The molecule has 1 aromatic rings. The average Bonchev–Trinajstić information content (AvgIpc) is 2.24. The number of hydrogen-bond donors (Lipinski definition) is 1. The number of halogens is 1. The van der Waals surface area contributed by atoms with Gasteiger partial charge in [0.25, 0.3) is 0 Å². The molecule has 1 heterocycles. The molecule has 90 valence electrons. The Hall–Kier alpha value is -0.640. The number of nitrogens with zero attached hydrogens (tertiary/aromatic N) is 2. The van der Waals surface area contributed by atoms with Gasteiger partial charge in [0.1, 0.15) is 0 Å². The highest BCUT2D eigenvalue weighted by molar-refractivity contribution is 6.30. The molecular formula is C12H19ClN2O. The zero-order valence-corrected chi connectivity index (χ0v) is 10.6. The maximum absolute atomic E-state index is 8.84. The predicted molar refractivity (Wildman–Crippen MR) is 66.5 cm³/mol. The topological polar surface area (TPSA) is 36.4 Å². The van der Waals surface area contributed by atoms with Crippen LogP contribution in [-0.4, -0.2) is 34.2 Å². The lowest BCUT2D eigenvalue weighted by Crippen LogP contribution is -2.32. The third-order valence-corrected chi connectivity index (χ3v) is 2.71. The first kappa shape index (κ1) is 13.4. The van der Waals surface area contributed by atoms with Gasteiger partial charge < -0.3 is 5.11 Å². The Kier molecular flexibility index (Phi) is 5.74. The summed E-state index contributed by atoms with van der Waals surface area (Å²) in [5, 5.41) is 9.56. The Balaban J connectivity index is 2.60. The van der Waals surface area contributed by atoms with Crippen molar-refractivity contribution in [3.8, 4) is 0 Å². The van der Waals surface area contributed by atoms with Crippen LogP contribution >= 0.6 is 11.6 Å². The smallest absolute Gasteiger partial charge is 0.0558 e. The monoisotopic (exact) mass is 242 g/mol. The normalized spacial score (nSPS) is 11.4. The van der Waals surface area contributed by atoms with Crippen LogP contribution in [0.15, 0.2) is 18.3 Å². The van der Waals surface area contributed by atoms with E-state index in [1.54, 1.807) is 12.3 Å². The SMILES string of the molecule is CC(C)N(CCCO)Cc1cc(Cl)ccn1. The molecule has 0 unspecified atom stereocenters. The first-order valence-corrected chi connectivity index (χ1v) is 5.96. The minimum atomic E-state index is 0.228. The van der Waals surface area contributed by atoms with Gasteiger partial charge in [-0.25, -0.2) is 0 Å². The Morgan fingerprint density at radius 3 is 2.81 bits per heavy atom. The molecule has 0 fully saturated rings. The fourth-order valence-corrected chi connectivity index (χ4v) is 1.72. The van der Waals surface area contributed by atoms with Crippen LogP contribution in [0.5, 0.6) is 0 Å². The summed E-state index contributed by atoms with van der Waals surface area (Å²) in [7, 11) is 0. The van der Waals surface area contributed by atoms with Gasteiger partial charge in [-0.1, -0.05) is 11.6 Å². The minimum absolute atomic E-state index is 0.228. The van der Waals surface area contributed by atoms with Crippen molar-refractivity contribution in [1.29, 1.82) is 0 Å². The molecule has 0 saturated heterocycles. The summed E-state index contributed by atoms with van der Waals surface area (Å²) in [6.07, 6.45) is 2.51. The minimum Gasteiger partial charge on any atom is -0.396 e. The molecule has 1 aromatic heterocycles. The van der Waals surface area contributed by atoms with Gasteiger partial charge in [0.15, 0.2) is 0 Å². The van der Waals surface area contributed by atoms with Crippen molar-refractivity contribution in [3.63, 3.8) is 0 Å². The molecule has 0 aliphatic carbocycles. The van der Waals surface area contributed by atoms with E-state index in [4.69, 9.17) is 16.7 Å². The zero-order valence-electron chi connectivity index (χ0n) is 9.86. The Morgan fingerprint density at radius 2 is 2.25 bits per heavy atom. The van der Waals surface area contributed by atoms with Crippen molar-refractivity contribution in [3.05, 3.63) is 29.0 Å². The van der Waals surface area contributed by atoms with Gasteiger partial charge in [-0.05, 0) is 32.4 Å². The van der Waals surface area contributed by atoms with Crippen LogP contribution in [-0.2, 0) is 6.54 Å². The Labute approximate surface area is 102 Å². The summed E-state index contributed by atoms with van der Waals surface area (Å²) < 4.78 is 0. The molecule has 1 N–H and O–H groups in total. The van der Waals surface area contributed by atoms with Gasteiger partial charge in [0.2, 0.25) is 0 Å². The Bertz CT molecular complexity index is 318. The summed E-state index contributed by atoms with van der Waals surface area (Å²) in [4.78, 5) is 6.55. The highest BCUT2D eigenvalue weighted by Gasteiger charge is 2.10. The number of pyridine rings is 1. The summed E-state index contributed by atoms with van der Waals surface area (Å²) >= 11 is 5.91. The van der Waals surface area contributed by atoms with Crippen molar-refractivity contribution in [2.24, 2.45) is 0 Å². The van der Waals surface area contributed by atoms with Crippen molar-refractivity contribution >= 4 is 11.6 Å². The quantitative estimate of drug-likeness (QED) is 0.832. The molecule has 1 rings (SSSR count). The molecule has 16 heavy (non-hydrogen) atoms. The van der Waals surface area contributed by atoms with Crippen LogP contribution in [0.2, 0.25) is 5.02 Å². The molecule has 4 heteroatoms. The van der Waals surface area contributed by atoms with Crippen molar-refractivity contribution in [2.75, 3.05) is 13.2 Å². The van der Waals surface area contributed by atoms with E-state index in [-0.39, 0.29) is 6.61 Å².